The van der Waals surface area contributed by atoms with Gasteiger partial charge < -0.3 is 24.3 Å². The second kappa shape index (κ2) is 11.9. The number of amides is 1. The molecule has 1 aromatic heterocycles. The molecule has 184 valence electrons. The van der Waals surface area contributed by atoms with Crippen molar-refractivity contribution in [2.24, 2.45) is 0 Å². The average Bonchev–Trinajstić information content (AvgIpc) is 3.29. The number of para-hydroxylation sites is 1. The first-order valence-electron chi connectivity index (χ1n) is 10.4. The quantitative estimate of drug-likeness (QED) is 0.240. The predicted octanol–water partition coefficient (Wildman–Crippen LogP) is 3.67. The molecule has 1 amide bonds. The Kier molecular flexibility index (Phi) is 8.74. The van der Waals surface area contributed by atoms with E-state index in [-0.39, 0.29) is 17.2 Å². The number of carbonyl (C=O) groups excluding carboxylic acids is 2. The van der Waals surface area contributed by atoms with Crippen LogP contribution in [0.3, 0.4) is 0 Å². The number of methoxy groups -OCH3 is 4. The number of rotatable bonds is 11. The highest BCUT2D eigenvalue weighted by Crippen LogP contribution is 2.41. The van der Waals surface area contributed by atoms with Crippen LogP contribution in [-0.2, 0) is 16.1 Å². The van der Waals surface area contributed by atoms with Gasteiger partial charge in [0.1, 0.15) is 0 Å². The topological polar surface area (TPSA) is 114 Å². The van der Waals surface area contributed by atoms with Crippen LogP contribution in [-0.4, -0.2) is 60.8 Å². The highest BCUT2D eigenvalue weighted by molar-refractivity contribution is 7.99. The molecular weight excluding hydrogens is 472 g/mol. The van der Waals surface area contributed by atoms with E-state index in [0.29, 0.717) is 46.0 Å². The van der Waals surface area contributed by atoms with Crippen molar-refractivity contribution in [2.75, 3.05) is 39.5 Å². The van der Waals surface area contributed by atoms with Gasteiger partial charge in [0, 0.05) is 12.1 Å². The van der Waals surface area contributed by atoms with Crippen molar-refractivity contribution in [1.29, 1.82) is 0 Å². The van der Waals surface area contributed by atoms with Gasteiger partial charge in [-0.15, -0.1) is 16.8 Å². The summed E-state index contributed by atoms with van der Waals surface area (Å²) in [7, 11) is 5.89. The van der Waals surface area contributed by atoms with Crippen molar-refractivity contribution in [1.82, 2.24) is 14.8 Å². The lowest BCUT2D eigenvalue weighted by molar-refractivity contribution is -0.113. The van der Waals surface area contributed by atoms with Crippen molar-refractivity contribution < 1.29 is 28.5 Å². The molecule has 1 N–H and O–H groups in total. The Morgan fingerprint density at radius 3 is 2.34 bits per heavy atom. The molecule has 0 unspecified atom stereocenters. The number of hydrogen-bond acceptors (Lipinski definition) is 9. The Morgan fingerprint density at radius 2 is 1.74 bits per heavy atom. The number of ether oxygens (including phenoxy) is 4. The highest BCUT2D eigenvalue weighted by atomic mass is 32.2. The Balaban J connectivity index is 1.83. The van der Waals surface area contributed by atoms with E-state index in [1.807, 2.05) is 4.57 Å². The van der Waals surface area contributed by atoms with Crippen LogP contribution in [0.25, 0.3) is 11.4 Å². The molecule has 0 spiro atoms. The molecule has 3 aromatic rings. The van der Waals surface area contributed by atoms with Crippen molar-refractivity contribution in [3.8, 4) is 28.6 Å². The number of anilines is 1. The van der Waals surface area contributed by atoms with Crippen molar-refractivity contribution in [3.63, 3.8) is 0 Å². The maximum absolute atomic E-state index is 12.6. The first-order chi connectivity index (χ1) is 17.0. The minimum absolute atomic E-state index is 0.0417. The van der Waals surface area contributed by atoms with Gasteiger partial charge in [-0.1, -0.05) is 30.0 Å². The van der Waals surface area contributed by atoms with Gasteiger partial charge in [0.05, 0.1) is 45.4 Å². The van der Waals surface area contributed by atoms with Crippen LogP contribution in [0, 0.1) is 0 Å². The average molecular weight is 499 g/mol. The van der Waals surface area contributed by atoms with E-state index in [1.54, 1.807) is 42.5 Å². The molecule has 11 heteroatoms. The van der Waals surface area contributed by atoms with Gasteiger partial charge in [-0.05, 0) is 24.3 Å². The summed E-state index contributed by atoms with van der Waals surface area (Å²) in [6.45, 7) is 4.22. The molecule has 0 saturated heterocycles. The molecule has 10 nitrogen and oxygen atoms in total. The summed E-state index contributed by atoms with van der Waals surface area (Å²) in [5, 5.41) is 11.8. The minimum Gasteiger partial charge on any atom is -0.493 e. The largest absolute Gasteiger partial charge is 0.493 e. The van der Waals surface area contributed by atoms with Crippen LogP contribution in [0.1, 0.15) is 10.4 Å². The summed E-state index contributed by atoms with van der Waals surface area (Å²) in [5.74, 6) is 1.17. The van der Waals surface area contributed by atoms with Gasteiger partial charge in [0.15, 0.2) is 22.5 Å². The second-order valence-electron chi connectivity index (χ2n) is 6.99. The number of benzene rings is 2. The number of nitrogens with zero attached hydrogens (tertiary/aromatic N) is 3. The fraction of sp³-hybridized carbons (Fsp3) is 0.250. The fourth-order valence-electron chi connectivity index (χ4n) is 3.31. The molecule has 35 heavy (non-hydrogen) atoms. The zero-order valence-electron chi connectivity index (χ0n) is 19.9. The lowest BCUT2D eigenvalue weighted by Gasteiger charge is -2.14. The first-order valence-corrected chi connectivity index (χ1v) is 11.4. The monoisotopic (exact) mass is 498 g/mol. The van der Waals surface area contributed by atoms with E-state index in [0.717, 1.165) is 0 Å². The van der Waals surface area contributed by atoms with Gasteiger partial charge in [-0.3, -0.25) is 9.36 Å². The Hall–Kier alpha value is -3.99. The second-order valence-corrected chi connectivity index (χ2v) is 7.94. The maximum Gasteiger partial charge on any atom is 0.339 e. The van der Waals surface area contributed by atoms with Crippen LogP contribution >= 0.6 is 11.8 Å². The lowest BCUT2D eigenvalue weighted by Crippen LogP contribution is -2.17. The Bertz CT molecular complexity index is 1200. The van der Waals surface area contributed by atoms with E-state index in [9.17, 15) is 9.59 Å². The zero-order chi connectivity index (χ0) is 25.4. The van der Waals surface area contributed by atoms with E-state index in [4.69, 9.17) is 18.9 Å². The molecule has 3 rings (SSSR count). The summed E-state index contributed by atoms with van der Waals surface area (Å²) >= 11 is 1.20. The molecule has 0 saturated carbocycles. The molecule has 0 aliphatic rings. The third kappa shape index (κ3) is 5.75. The summed E-state index contributed by atoms with van der Waals surface area (Å²) < 4.78 is 22.9. The zero-order valence-corrected chi connectivity index (χ0v) is 20.7. The predicted molar refractivity (Wildman–Crippen MR) is 132 cm³/mol. The number of hydrogen-bond donors (Lipinski definition) is 1. The minimum atomic E-state index is -0.533. The SMILES string of the molecule is C=CCn1c(SCC(=O)Nc2ccccc2C(=O)OC)nnc1-c1cc(OC)c(OC)c(OC)c1. The van der Waals surface area contributed by atoms with E-state index in [1.165, 1.54) is 40.2 Å². The van der Waals surface area contributed by atoms with Gasteiger partial charge in [0.25, 0.3) is 0 Å². The van der Waals surface area contributed by atoms with Crippen molar-refractivity contribution in [2.45, 2.75) is 11.7 Å². The number of aromatic nitrogens is 3. The van der Waals surface area contributed by atoms with Gasteiger partial charge in [0.2, 0.25) is 11.7 Å². The van der Waals surface area contributed by atoms with Gasteiger partial charge in [-0.25, -0.2) is 4.79 Å². The van der Waals surface area contributed by atoms with E-state index < -0.39 is 5.97 Å². The molecule has 1 heterocycles. The Labute approximate surface area is 207 Å². The van der Waals surface area contributed by atoms with Crippen LogP contribution in [0.15, 0.2) is 54.2 Å². The summed E-state index contributed by atoms with van der Waals surface area (Å²) in [4.78, 5) is 24.6. The first kappa shape index (κ1) is 25.6. The molecule has 0 atom stereocenters. The summed E-state index contributed by atoms with van der Waals surface area (Å²) in [6, 6.07) is 10.2. The normalized spacial score (nSPS) is 10.4. The smallest absolute Gasteiger partial charge is 0.339 e. The number of esters is 1. The molecule has 0 bridgehead atoms. The third-order valence-corrected chi connectivity index (χ3v) is 5.86. The molecule has 0 radical (unpaired) electrons. The Morgan fingerprint density at radius 1 is 1.06 bits per heavy atom. The summed E-state index contributed by atoms with van der Waals surface area (Å²) in [6.07, 6.45) is 1.71. The standard InChI is InChI=1S/C24H26N4O6S/c1-6-11-28-22(15-12-18(31-2)21(33-4)19(13-15)32-3)26-27-24(28)35-14-20(29)25-17-10-8-7-9-16(17)23(30)34-5/h6-10,12-13H,1,11,14H2,2-5H3,(H,25,29). The molecule has 0 aliphatic carbocycles. The maximum atomic E-state index is 12.6. The number of thioether (sulfide) groups is 1. The van der Waals surface area contributed by atoms with Crippen molar-refractivity contribution >= 4 is 29.3 Å². The van der Waals surface area contributed by atoms with Gasteiger partial charge >= 0.3 is 5.97 Å². The van der Waals surface area contributed by atoms with Crippen LogP contribution in [0.5, 0.6) is 17.2 Å². The molecular formula is C24H26N4O6S. The summed E-state index contributed by atoms with van der Waals surface area (Å²) in [5.41, 5.74) is 1.33. The number of nitrogens with one attached hydrogen (secondary N) is 1. The van der Waals surface area contributed by atoms with Gasteiger partial charge in [-0.2, -0.15) is 0 Å². The third-order valence-electron chi connectivity index (χ3n) is 4.89. The molecule has 0 aliphatic heterocycles. The number of allylic oxidation sites excluding steroid dienone is 1. The van der Waals surface area contributed by atoms with E-state index >= 15 is 0 Å². The van der Waals surface area contributed by atoms with Crippen molar-refractivity contribution in [3.05, 3.63) is 54.6 Å². The molecule has 0 fully saturated rings. The molecule has 2 aromatic carbocycles. The van der Waals surface area contributed by atoms with E-state index in [2.05, 4.69) is 22.1 Å². The lowest BCUT2D eigenvalue weighted by atomic mass is 10.1. The fourth-order valence-corrected chi connectivity index (χ4v) is 4.06. The van der Waals surface area contributed by atoms with Crippen LogP contribution in [0.4, 0.5) is 5.69 Å². The van der Waals surface area contributed by atoms with Crippen LogP contribution < -0.4 is 19.5 Å². The number of carbonyl (C=O) groups is 2. The highest BCUT2D eigenvalue weighted by Gasteiger charge is 2.20. The van der Waals surface area contributed by atoms with Crippen LogP contribution in [0.2, 0.25) is 0 Å².